The van der Waals surface area contributed by atoms with E-state index in [9.17, 15) is 22.4 Å². The summed E-state index contributed by atoms with van der Waals surface area (Å²) in [4.78, 5) is 28.3. The van der Waals surface area contributed by atoms with Crippen LogP contribution in [0.25, 0.3) is 0 Å². The first kappa shape index (κ1) is 34.2. The van der Waals surface area contributed by atoms with Crippen molar-refractivity contribution in [3.05, 3.63) is 78.1 Å². The highest BCUT2D eigenvalue weighted by atomic mass is 32.2. The van der Waals surface area contributed by atoms with Crippen LogP contribution in [0.5, 0.6) is 17.2 Å². The Bertz CT molecular complexity index is 1530. The van der Waals surface area contributed by atoms with Crippen LogP contribution in [0, 0.1) is 5.82 Å². The molecule has 0 radical (unpaired) electrons. The molecule has 0 aromatic heterocycles. The van der Waals surface area contributed by atoms with E-state index in [0.29, 0.717) is 24.5 Å². The highest BCUT2D eigenvalue weighted by Gasteiger charge is 2.33. The highest BCUT2D eigenvalue weighted by molar-refractivity contribution is 7.92. The molecule has 2 atom stereocenters. The summed E-state index contributed by atoms with van der Waals surface area (Å²) in [5.41, 5.74) is 0.360. The van der Waals surface area contributed by atoms with E-state index in [4.69, 9.17) is 14.2 Å². The number of rotatable bonds is 15. The molecule has 3 aromatic rings. The molecular formula is C32H40FN3O7S. The maximum atomic E-state index is 14.7. The summed E-state index contributed by atoms with van der Waals surface area (Å²) in [6.07, 6.45) is 0.662. The van der Waals surface area contributed by atoms with Crippen molar-refractivity contribution in [2.24, 2.45) is 0 Å². The number of sulfonamides is 1. The number of anilines is 1. The average Bonchev–Trinajstić information content (AvgIpc) is 3.02. The Hall–Kier alpha value is -4.32. The Morgan fingerprint density at radius 3 is 2.18 bits per heavy atom. The van der Waals surface area contributed by atoms with Crippen LogP contribution in [0.3, 0.4) is 0 Å². The Labute approximate surface area is 258 Å². The first-order valence-electron chi connectivity index (χ1n) is 14.3. The van der Waals surface area contributed by atoms with Crippen LogP contribution in [0.2, 0.25) is 0 Å². The van der Waals surface area contributed by atoms with Crippen LogP contribution < -0.4 is 23.8 Å². The summed E-state index contributed by atoms with van der Waals surface area (Å²) in [7, 11) is -1.57. The molecule has 0 saturated heterocycles. The predicted molar refractivity (Wildman–Crippen MR) is 166 cm³/mol. The second-order valence-electron chi connectivity index (χ2n) is 10.1. The molecule has 3 aromatic carbocycles. The van der Waals surface area contributed by atoms with Gasteiger partial charge >= 0.3 is 0 Å². The lowest BCUT2D eigenvalue weighted by Gasteiger charge is -2.32. The zero-order valence-electron chi connectivity index (χ0n) is 25.9. The first-order valence-corrected chi connectivity index (χ1v) is 15.7. The van der Waals surface area contributed by atoms with E-state index in [0.717, 1.165) is 4.31 Å². The molecule has 0 aliphatic heterocycles. The molecule has 0 aliphatic rings. The quantitative estimate of drug-likeness (QED) is 0.258. The van der Waals surface area contributed by atoms with Gasteiger partial charge < -0.3 is 24.4 Å². The van der Waals surface area contributed by atoms with Gasteiger partial charge in [-0.25, -0.2) is 12.8 Å². The normalized spacial score (nSPS) is 12.5. The van der Waals surface area contributed by atoms with E-state index in [1.807, 2.05) is 20.8 Å². The summed E-state index contributed by atoms with van der Waals surface area (Å²) in [6, 6.07) is 15.1. The molecule has 12 heteroatoms. The van der Waals surface area contributed by atoms with E-state index in [-0.39, 0.29) is 34.5 Å². The van der Waals surface area contributed by atoms with E-state index < -0.39 is 40.2 Å². The third kappa shape index (κ3) is 8.19. The zero-order valence-corrected chi connectivity index (χ0v) is 26.7. The van der Waals surface area contributed by atoms with Crippen molar-refractivity contribution in [1.82, 2.24) is 10.2 Å². The van der Waals surface area contributed by atoms with Crippen LogP contribution >= 0.6 is 0 Å². The van der Waals surface area contributed by atoms with Gasteiger partial charge in [0.25, 0.3) is 10.0 Å². The number of carbonyl (C=O) groups is 2. The van der Waals surface area contributed by atoms with Gasteiger partial charge in [0, 0.05) is 24.2 Å². The van der Waals surface area contributed by atoms with Gasteiger partial charge in [0.2, 0.25) is 11.8 Å². The van der Waals surface area contributed by atoms with E-state index in [1.54, 1.807) is 18.2 Å². The molecule has 0 saturated carbocycles. The van der Waals surface area contributed by atoms with Crippen molar-refractivity contribution >= 4 is 27.5 Å². The maximum Gasteiger partial charge on any atom is 0.264 e. The maximum absolute atomic E-state index is 14.7. The molecule has 1 N–H and O–H groups in total. The summed E-state index contributed by atoms with van der Waals surface area (Å²) >= 11 is 0. The molecule has 0 heterocycles. The fourth-order valence-electron chi connectivity index (χ4n) is 4.37. The Morgan fingerprint density at radius 2 is 1.59 bits per heavy atom. The molecule has 10 nitrogen and oxygen atoms in total. The predicted octanol–water partition coefficient (Wildman–Crippen LogP) is 4.77. The summed E-state index contributed by atoms with van der Waals surface area (Å²) < 4.78 is 60.1. The number of hydrogen-bond acceptors (Lipinski definition) is 7. The van der Waals surface area contributed by atoms with Gasteiger partial charge in [0.15, 0.2) is 11.5 Å². The third-order valence-electron chi connectivity index (χ3n) is 7.12. The van der Waals surface area contributed by atoms with E-state index in [2.05, 4.69) is 5.32 Å². The van der Waals surface area contributed by atoms with Gasteiger partial charge in [0.05, 0.1) is 31.4 Å². The minimum atomic E-state index is -4.38. The van der Waals surface area contributed by atoms with Crippen molar-refractivity contribution in [3.8, 4) is 17.2 Å². The fourth-order valence-corrected chi connectivity index (χ4v) is 5.80. The zero-order chi connectivity index (χ0) is 32.4. The van der Waals surface area contributed by atoms with Gasteiger partial charge in [-0.3, -0.25) is 13.9 Å². The number of benzene rings is 3. The van der Waals surface area contributed by atoms with E-state index in [1.165, 1.54) is 74.6 Å². The summed E-state index contributed by atoms with van der Waals surface area (Å²) in [5, 5.41) is 2.85. The molecule has 0 unspecified atom stereocenters. The van der Waals surface area contributed by atoms with Crippen LogP contribution in [-0.4, -0.2) is 64.6 Å². The van der Waals surface area contributed by atoms with Crippen molar-refractivity contribution < 1.29 is 36.6 Å². The van der Waals surface area contributed by atoms with Crippen LogP contribution in [0.1, 0.15) is 39.7 Å². The van der Waals surface area contributed by atoms with Gasteiger partial charge in [0.1, 0.15) is 24.2 Å². The number of halogens is 1. The molecule has 0 spiro atoms. The first-order chi connectivity index (χ1) is 21.0. The van der Waals surface area contributed by atoms with Gasteiger partial charge in [-0.1, -0.05) is 25.1 Å². The number of methoxy groups -OCH3 is 2. The van der Waals surface area contributed by atoms with Crippen LogP contribution in [0.15, 0.2) is 71.6 Å². The third-order valence-corrected chi connectivity index (χ3v) is 8.89. The monoisotopic (exact) mass is 629 g/mol. The molecule has 44 heavy (non-hydrogen) atoms. The molecule has 238 valence electrons. The SMILES string of the molecule is CCOc1ccc(N(CC(=O)N(Cc2ccccc2F)[C@H](C)C(=O)N[C@@H](C)CC)S(=O)(=O)c2ccc(OC)c(OC)c2)cc1. The molecule has 3 rings (SSSR count). The lowest BCUT2D eigenvalue weighted by atomic mass is 10.1. The summed E-state index contributed by atoms with van der Waals surface area (Å²) in [5.74, 6) is -0.684. The molecular weight excluding hydrogens is 589 g/mol. The number of nitrogens with one attached hydrogen (secondary N) is 1. The number of amides is 2. The topological polar surface area (TPSA) is 114 Å². The van der Waals surface area contributed by atoms with Crippen LogP contribution in [0.4, 0.5) is 10.1 Å². The van der Waals surface area contributed by atoms with Gasteiger partial charge in [-0.2, -0.15) is 0 Å². The number of nitrogens with zero attached hydrogens (tertiary/aromatic N) is 2. The average molecular weight is 630 g/mol. The number of ether oxygens (including phenoxy) is 3. The Kier molecular flexibility index (Phi) is 12.0. The molecule has 0 aliphatic carbocycles. The second kappa shape index (κ2) is 15.4. The molecule has 0 bridgehead atoms. The smallest absolute Gasteiger partial charge is 0.264 e. The van der Waals surface area contributed by atoms with Gasteiger partial charge in [-0.05, 0) is 69.7 Å². The van der Waals surface area contributed by atoms with Crippen molar-refractivity contribution in [2.75, 3.05) is 31.7 Å². The number of hydrogen-bond donors (Lipinski definition) is 1. The lowest BCUT2D eigenvalue weighted by molar-refractivity contribution is -0.139. The molecule has 2 amide bonds. The Morgan fingerprint density at radius 1 is 0.932 bits per heavy atom. The standard InChI is InChI=1S/C32H40FN3O7S/c1-7-22(3)34-32(38)23(4)35(20-24-11-9-10-12-28(24)33)31(37)21-36(25-13-15-26(16-14-25)43-8-2)44(39,40)27-17-18-29(41-5)30(19-27)42-6/h9-19,22-23H,7-8,20-21H2,1-6H3,(H,34,38)/t22-,23+/m0/s1. The minimum absolute atomic E-state index is 0.153. The van der Waals surface area contributed by atoms with Crippen LogP contribution in [-0.2, 0) is 26.2 Å². The number of carbonyl (C=O) groups excluding carboxylic acids is 2. The van der Waals surface area contributed by atoms with Gasteiger partial charge in [-0.15, -0.1) is 0 Å². The minimum Gasteiger partial charge on any atom is -0.494 e. The fraction of sp³-hybridized carbons (Fsp3) is 0.375. The summed E-state index contributed by atoms with van der Waals surface area (Å²) in [6.45, 7) is 6.56. The largest absolute Gasteiger partial charge is 0.494 e. The Balaban J connectivity index is 2.09. The highest BCUT2D eigenvalue weighted by Crippen LogP contribution is 2.33. The van der Waals surface area contributed by atoms with Crippen molar-refractivity contribution in [3.63, 3.8) is 0 Å². The molecule has 0 fully saturated rings. The lowest BCUT2D eigenvalue weighted by Crippen LogP contribution is -2.52. The second-order valence-corrected chi connectivity index (χ2v) is 11.9. The van der Waals surface area contributed by atoms with Crippen molar-refractivity contribution in [2.45, 2.75) is 57.6 Å². The van der Waals surface area contributed by atoms with Crippen molar-refractivity contribution in [1.29, 1.82) is 0 Å². The van der Waals surface area contributed by atoms with E-state index >= 15 is 0 Å².